The van der Waals surface area contributed by atoms with Gasteiger partial charge in [-0.2, -0.15) is 0 Å². The van der Waals surface area contributed by atoms with Crippen molar-refractivity contribution in [1.29, 1.82) is 0 Å². The Bertz CT molecular complexity index is 263. The van der Waals surface area contributed by atoms with Crippen molar-refractivity contribution in [3.05, 3.63) is 35.9 Å². The minimum atomic E-state index is 0.843. The quantitative estimate of drug-likeness (QED) is 0.646. The van der Waals surface area contributed by atoms with E-state index in [9.17, 15) is 0 Å². The van der Waals surface area contributed by atoms with E-state index >= 15 is 0 Å². The molecule has 1 saturated carbocycles. The molecule has 0 amide bonds. The van der Waals surface area contributed by atoms with E-state index in [4.69, 9.17) is 0 Å². The lowest BCUT2D eigenvalue weighted by atomic mass is 9.74. The molecule has 14 heavy (non-hydrogen) atoms. The Morgan fingerprint density at radius 2 is 1.79 bits per heavy atom. The van der Waals surface area contributed by atoms with Gasteiger partial charge in [-0.15, -0.1) is 0 Å². The third-order valence-electron chi connectivity index (χ3n) is 3.66. The van der Waals surface area contributed by atoms with Crippen molar-refractivity contribution in [1.82, 2.24) is 0 Å². The maximum Gasteiger partial charge on any atom is -0.0134 e. The first-order valence-corrected chi connectivity index (χ1v) is 5.96. The Morgan fingerprint density at radius 1 is 1.07 bits per heavy atom. The fourth-order valence-electron chi connectivity index (χ4n) is 2.84. The second-order valence-corrected chi connectivity index (χ2v) is 4.47. The van der Waals surface area contributed by atoms with Crippen LogP contribution < -0.4 is 0 Å². The highest BCUT2D eigenvalue weighted by molar-refractivity contribution is 5.20. The Balaban J connectivity index is 2.15. The maximum atomic E-state index is 2.34. The fraction of sp³-hybridized carbons (Fsp3) is 0.571. The summed E-state index contributed by atoms with van der Waals surface area (Å²) in [6.07, 6.45) is 7.07. The molecule has 0 aromatic heterocycles. The van der Waals surface area contributed by atoms with Gasteiger partial charge in [0.05, 0.1) is 0 Å². The summed E-state index contributed by atoms with van der Waals surface area (Å²) in [5.41, 5.74) is 1.57. The van der Waals surface area contributed by atoms with Crippen molar-refractivity contribution in [3.8, 4) is 0 Å². The van der Waals surface area contributed by atoms with Crippen LogP contribution in [-0.4, -0.2) is 0 Å². The molecule has 1 fully saturated rings. The first-order valence-electron chi connectivity index (χ1n) is 5.96. The van der Waals surface area contributed by atoms with Gasteiger partial charge < -0.3 is 0 Å². The predicted octanol–water partition coefficient (Wildman–Crippen LogP) is 4.37. The van der Waals surface area contributed by atoms with Crippen LogP contribution in [0.1, 0.15) is 50.5 Å². The number of rotatable bonds is 2. The van der Waals surface area contributed by atoms with E-state index in [0.717, 1.165) is 11.8 Å². The molecule has 1 aliphatic carbocycles. The van der Waals surface area contributed by atoms with Crippen LogP contribution >= 0.6 is 0 Å². The highest BCUT2D eigenvalue weighted by Crippen LogP contribution is 2.39. The Hall–Kier alpha value is -0.780. The zero-order valence-corrected chi connectivity index (χ0v) is 9.08. The molecule has 1 aromatic rings. The summed E-state index contributed by atoms with van der Waals surface area (Å²) in [6.45, 7) is 2.34. The first kappa shape index (κ1) is 9.76. The van der Waals surface area contributed by atoms with Crippen molar-refractivity contribution >= 4 is 0 Å². The van der Waals surface area contributed by atoms with E-state index in [1.165, 1.54) is 32.1 Å². The Morgan fingerprint density at radius 3 is 2.50 bits per heavy atom. The molecule has 0 heterocycles. The molecule has 0 aliphatic heterocycles. The van der Waals surface area contributed by atoms with Crippen molar-refractivity contribution in [2.75, 3.05) is 0 Å². The molecule has 1 aromatic carbocycles. The smallest absolute Gasteiger partial charge is 0.0134 e. The molecule has 0 radical (unpaired) electrons. The second-order valence-electron chi connectivity index (χ2n) is 4.47. The molecular weight excluding hydrogens is 168 g/mol. The van der Waals surface area contributed by atoms with Crippen molar-refractivity contribution < 1.29 is 0 Å². The van der Waals surface area contributed by atoms with Crippen molar-refractivity contribution in [2.45, 2.75) is 44.9 Å². The number of benzene rings is 1. The van der Waals surface area contributed by atoms with Gasteiger partial charge in [0.1, 0.15) is 0 Å². The van der Waals surface area contributed by atoms with E-state index in [0.29, 0.717) is 0 Å². The minimum absolute atomic E-state index is 0.843. The normalized spacial score (nSPS) is 27.5. The average molecular weight is 188 g/mol. The van der Waals surface area contributed by atoms with Crippen LogP contribution in [0.4, 0.5) is 0 Å². The topological polar surface area (TPSA) is 0 Å². The van der Waals surface area contributed by atoms with Crippen LogP contribution in [0.15, 0.2) is 30.3 Å². The van der Waals surface area contributed by atoms with Crippen LogP contribution in [-0.2, 0) is 0 Å². The summed E-state index contributed by atoms with van der Waals surface area (Å²) in [7, 11) is 0. The van der Waals surface area contributed by atoms with Gasteiger partial charge in [0.2, 0.25) is 0 Å². The number of hydrogen-bond donors (Lipinski definition) is 0. The number of hydrogen-bond acceptors (Lipinski definition) is 0. The molecule has 2 rings (SSSR count). The standard InChI is InChI=1S/C14H20/c1-2-12-8-6-7-11-14(12)13-9-4-3-5-10-13/h3-5,9-10,12,14H,2,6-8,11H2,1H3/t12-,14?/m0/s1. The molecule has 2 atom stereocenters. The Labute approximate surface area is 87.3 Å². The van der Waals surface area contributed by atoms with Gasteiger partial charge in [0.25, 0.3) is 0 Å². The SMILES string of the molecule is CC[C@H]1CCCCC1c1ccccc1. The highest BCUT2D eigenvalue weighted by atomic mass is 14.3. The lowest BCUT2D eigenvalue weighted by Gasteiger charge is -2.31. The van der Waals surface area contributed by atoms with Gasteiger partial charge >= 0.3 is 0 Å². The van der Waals surface area contributed by atoms with Gasteiger partial charge in [0.15, 0.2) is 0 Å². The van der Waals surface area contributed by atoms with E-state index in [2.05, 4.69) is 37.3 Å². The molecule has 0 N–H and O–H groups in total. The van der Waals surface area contributed by atoms with E-state index < -0.39 is 0 Å². The summed E-state index contributed by atoms with van der Waals surface area (Å²) in [6, 6.07) is 11.1. The molecule has 1 unspecified atom stereocenters. The molecule has 0 spiro atoms. The minimum Gasteiger partial charge on any atom is -0.0651 e. The van der Waals surface area contributed by atoms with E-state index in [1.54, 1.807) is 5.56 Å². The molecule has 1 aliphatic rings. The van der Waals surface area contributed by atoms with E-state index in [-0.39, 0.29) is 0 Å². The summed E-state index contributed by atoms with van der Waals surface area (Å²) < 4.78 is 0. The zero-order valence-electron chi connectivity index (χ0n) is 9.08. The van der Waals surface area contributed by atoms with Gasteiger partial charge in [-0.25, -0.2) is 0 Å². The second kappa shape index (κ2) is 4.63. The average Bonchev–Trinajstić information content (AvgIpc) is 2.30. The van der Waals surface area contributed by atoms with Crippen LogP contribution in [0.25, 0.3) is 0 Å². The molecular formula is C14H20. The third-order valence-corrected chi connectivity index (χ3v) is 3.66. The van der Waals surface area contributed by atoms with Gasteiger partial charge in [0, 0.05) is 0 Å². The van der Waals surface area contributed by atoms with Gasteiger partial charge in [-0.05, 0) is 30.2 Å². The zero-order chi connectivity index (χ0) is 9.80. The largest absolute Gasteiger partial charge is 0.0651 e. The van der Waals surface area contributed by atoms with E-state index in [1.807, 2.05) is 0 Å². The molecule has 0 heteroatoms. The lowest BCUT2D eigenvalue weighted by molar-refractivity contribution is 0.299. The van der Waals surface area contributed by atoms with Gasteiger partial charge in [-0.3, -0.25) is 0 Å². The van der Waals surface area contributed by atoms with Crippen LogP contribution in [0.3, 0.4) is 0 Å². The van der Waals surface area contributed by atoms with Crippen LogP contribution in [0.2, 0.25) is 0 Å². The lowest BCUT2D eigenvalue weighted by Crippen LogP contribution is -2.16. The van der Waals surface area contributed by atoms with Crippen LogP contribution in [0.5, 0.6) is 0 Å². The molecule has 0 bridgehead atoms. The summed E-state index contributed by atoms with van der Waals surface area (Å²) in [4.78, 5) is 0. The van der Waals surface area contributed by atoms with Crippen molar-refractivity contribution in [3.63, 3.8) is 0 Å². The summed E-state index contributed by atoms with van der Waals surface area (Å²) >= 11 is 0. The predicted molar refractivity (Wildman–Crippen MR) is 61.4 cm³/mol. The summed E-state index contributed by atoms with van der Waals surface area (Å²) in [5, 5.41) is 0. The first-order chi connectivity index (χ1) is 6.92. The highest BCUT2D eigenvalue weighted by Gasteiger charge is 2.24. The molecule has 0 nitrogen and oxygen atoms in total. The van der Waals surface area contributed by atoms with Gasteiger partial charge in [-0.1, -0.05) is 56.5 Å². The Kier molecular flexibility index (Phi) is 3.23. The maximum absolute atomic E-state index is 2.34. The monoisotopic (exact) mass is 188 g/mol. The van der Waals surface area contributed by atoms with Crippen molar-refractivity contribution in [2.24, 2.45) is 5.92 Å². The molecule has 76 valence electrons. The van der Waals surface area contributed by atoms with Crippen LogP contribution in [0, 0.1) is 5.92 Å². The molecule has 0 saturated heterocycles. The fourth-order valence-corrected chi connectivity index (χ4v) is 2.84. The third kappa shape index (κ3) is 2.00. The summed E-state index contributed by atoms with van der Waals surface area (Å²) in [5.74, 6) is 1.78.